The van der Waals surface area contributed by atoms with Crippen LogP contribution in [0.4, 0.5) is 23.3 Å². The third kappa shape index (κ3) is 5.47. The summed E-state index contributed by atoms with van der Waals surface area (Å²) in [7, 11) is 3.77. The summed E-state index contributed by atoms with van der Waals surface area (Å²) >= 11 is 18.0. The van der Waals surface area contributed by atoms with E-state index in [4.69, 9.17) is 45.9 Å². The van der Waals surface area contributed by atoms with Gasteiger partial charge in [0.1, 0.15) is 5.75 Å². The molecule has 0 atom stereocenters. The zero-order valence-electron chi connectivity index (χ0n) is 18.9. The summed E-state index contributed by atoms with van der Waals surface area (Å²) in [6, 6.07) is 11.3. The lowest BCUT2D eigenvalue weighted by molar-refractivity contribution is 0.312. The van der Waals surface area contributed by atoms with E-state index < -0.39 is 0 Å². The van der Waals surface area contributed by atoms with E-state index in [9.17, 15) is 0 Å². The van der Waals surface area contributed by atoms with Gasteiger partial charge < -0.3 is 30.9 Å². The van der Waals surface area contributed by atoms with Gasteiger partial charge in [-0.15, -0.1) is 5.10 Å². The van der Waals surface area contributed by atoms with Crippen molar-refractivity contribution in [3.63, 3.8) is 0 Å². The van der Waals surface area contributed by atoms with Crippen molar-refractivity contribution in [2.75, 3.05) is 56.3 Å². The number of anilines is 4. The Bertz CT molecular complexity index is 1160. The van der Waals surface area contributed by atoms with Gasteiger partial charge in [-0.3, -0.25) is 0 Å². The normalized spacial score (nSPS) is 14.2. The average molecular weight is 521 g/mol. The fraction of sp³-hybridized carbons (Fsp3) is 0.318. The Hall–Kier alpha value is -2.79. The molecule has 4 rings (SSSR count). The highest BCUT2D eigenvalue weighted by Crippen LogP contribution is 2.32. The number of nitrogens with two attached hydrogens (primary N) is 1. The average Bonchev–Trinajstić information content (AvgIpc) is 3.19. The number of halogens is 2. The van der Waals surface area contributed by atoms with Crippen LogP contribution in [0.3, 0.4) is 0 Å². The number of rotatable bonds is 6. The van der Waals surface area contributed by atoms with Crippen LogP contribution in [-0.4, -0.2) is 65.1 Å². The zero-order chi connectivity index (χ0) is 24.2. The SMILES string of the molecule is COc1cc(N2CCN(C)CC2)ccc1Nc1nc(N)nn1C(=S)NCc1c(Cl)cccc1Cl. The molecule has 0 aliphatic carbocycles. The van der Waals surface area contributed by atoms with E-state index in [0.29, 0.717) is 34.0 Å². The first-order valence-electron chi connectivity index (χ1n) is 10.7. The lowest BCUT2D eigenvalue weighted by Gasteiger charge is -2.34. The molecular formula is C22H26Cl2N8OS. The quantitative estimate of drug-likeness (QED) is 0.421. The first kappa shape index (κ1) is 24.3. The largest absolute Gasteiger partial charge is 0.494 e. The third-order valence-electron chi connectivity index (χ3n) is 5.59. The Morgan fingerprint density at radius 1 is 1.15 bits per heavy atom. The summed E-state index contributed by atoms with van der Waals surface area (Å²) in [5, 5.41) is 11.9. The Labute approximate surface area is 213 Å². The highest BCUT2D eigenvalue weighted by molar-refractivity contribution is 7.80. The van der Waals surface area contributed by atoms with E-state index in [1.807, 2.05) is 12.1 Å². The molecule has 4 N–H and O–H groups in total. The molecule has 0 unspecified atom stereocenters. The predicted octanol–water partition coefficient (Wildman–Crippen LogP) is 3.59. The van der Waals surface area contributed by atoms with Crippen LogP contribution >= 0.6 is 35.4 Å². The molecule has 9 nitrogen and oxygen atoms in total. The number of nitrogens with one attached hydrogen (secondary N) is 2. The van der Waals surface area contributed by atoms with Gasteiger partial charge >= 0.3 is 0 Å². The van der Waals surface area contributed by atoms with Gasteiger partial charge in [0.25, 0.3) is 0 Å². The van der Waals surface area contributed by atoms with Crippen molar-refractivity contribution in [2.24, 2.45) is 0 Å². The van der Waals surface area contributed by atoms with Crippen molar-refractivity contribution < 1.29 is 4.74 Å². The minimum atomic E-state index is 0.0791. The molecule has 2 heterocycles. The van der Waals surface area contributed by atoms with Crippen LogP contribution in [0.15, 0.2) is 36.4 Å². The maximum absolute atomic E-state index is 6.26. The molecule has 1 aliphatic heterocycles. The summed E-state index contributed by atoms with van der Waals surface area (Å²) in [5.41, 5.74) is 8.42. The van der Waals surface area contributed by atoms with Gasteiger partial charge in [-0.25, -0.2) is 0 Å². The van der Waals surface area contributed by atoms with Crippen molar-refractivity contribution in [3.05, 3.63) is 52.0 Å². The van der Waals surface area contributed by atoms with E-state index in [1.165, 1.54) is 4.68 Å². The standard InChI is InChI=1S/C22H26Cl2N8OS/c1-30-8-10-31(11-9-30)14-6-7-18(19(12-14)33-2)27-21-28-20(25)29-32(21)22(34)26-13-15-16(23)4-3-5-17(15)24/h3-7,12H,8-11,13H2,1-2H3,(H,26,34)(H3,25,27,28,29). The molecule has 3 aromatic rings. The molecule has 1 aromatic heterocycles. The van der Waals surface area contributed by atoms with Gasteiger partial charge in [-0.05, 0) is 43.5 Å². The molecular weight excluding hydrogens is 495 g/mol. The first-order chi connectivity index (χ1) is 16.4. The molecule has 2 aromatic carbocycles. The zero-order valence-corrected chi connectivity index (χ0v) is 21.2. The Kier molecular flexibility index (Phi) is 7.62. The minimum absolute atomic E-state index is 0.0791. The molecule has 1 fully saturated rings. The maximum Gasteiger partial charge on any atom is 0.241 e. The second kappa shape index (κ2) is 10.6. The molecule has 12 heteroatoms. The lowest BCUT2D eigenvalue weighted by atomic mass is 10.2. The maximum atomic E-state index is 6.26. The number of thiocarbonyl (C=S) groups is 1. The van der Waals surface area contributed by atoms with E-state index >= 15 is 0 Å². The topological polar surface area (TPSA) is 96.5 Å². The monoisotopic (exact) mass is 520 g/mol. The van der Waals surface area contributed by atoms with Crippen LogP contribution in [0, 0.1) is 0 Å². The number of methoxy groups -OCH3 is 1. The molecule has 0 saturated carbocycles. The summed E-state index contributed by atoms with van der Waals surface area (Å²) in [4.78, 5) is 8.94. The minimum Gasteiger partial charge on any atom is -0.494 e. The number of likely N-dealkylation sites (N-methyl/N-ethyl adjacent to an activating group) is 1. The highest BCUT2D eigenvalue weighted by atomic mass is 35.5. The molecule has 180 valence electrons. The van der Waals surface area contributed by atoms with Gasteiger partial charge in [0.2, 0.25) is 11.9 Å². The van der Waals surface area contributed by atoms with Crippen molar-refractivity contribution in [2.45, 2.75) is 6.54 Å². The van der Waals surface area contributed by atoms with Crippen molar-refractivity contribution >= 4 is 63.8 Å². The van der Waals surface area contributed by atoms with Crippen molar-refractivity contribution in [3.8, 4) is 5.75 Å². The van der Waals surface area contributed by atoms with E-state index in [2.05, 4.69) is 43.6 Å². The number of hydrogen-bond donors (Lipinski definition) is 3. The van der Waals surface area contributed by atoms with E-state index in [-0.39, 0.29) is 11.1 Å². The number of aromatic nitrogens is 3. The van der Waals surface area contributed by atoms with Crippen LogP contribution in [-0.2, 0) is 6.54 Å². The smallest absolute Gasteiger partial charge is 0.241 e. The third-order valence-corrected chi connectivity index (χ3v) is 6.62. The van der Waals surface area contributed by atoms with E-state index in [1.54, 1.807) is 25.3 Å². The second-order valence-corrected chi connectivity index (χ2v) is 9.07. The Balaban J connectivity index is 1.51. The van der Waals surface area contributed by atoms with Crippen molar-refractivity contribution in [1.82, 2.24) is 25.0 Å². The number of nitrogen functional groups attached to an aromatic ring is 1. The van der Waals surface area contributed by atoms with Crippen LogP contribution in [0.2, 0.25) is 10.0 Å². The van der Waals surface area contributed by atoms with Crippen LogP contribution in [0.25, 0.3) is 0 Å². The van der Waals surface area contributed by atoms with Gasteiger partial charge in [-0.1, -0.05) is 29.3 Å². The molecule has 0 radical (unpaired) electrons. The molecule has 1 aliphatic rings. The number of ether oxygens (including phenoxy) is 1. The van der Waals surface area contributed by atoms with Crippen LogP contribution in [0.1, 0.15) is 5.56 Å². The van der Waals surface area contributed by atoms with Crippen LogP contribution < -0.4 is 26.0 Å². The number of piperazine rings is 1. The fourth-order valence-corrected chi connectivity index (χ4v) is 4.39. The van der Waals surface area contributed by atoms with Crippen molar-refractivity contribution in [1.29, 1.82) is 0 Å². The second-order valence-electron chi connectivity index (χ2n) is 7.86. The molecule has 0 amide bonds. The Morgan fingerprint density at radius 3 is 2.53 bits per heavy atom. The van der Waals surface area contributed by atoms with Gasteiger partial charge in [0.15, 0.2) is 5.11 Å². The summed E-state index contributed by atoms with van der Waals surface area (Å²) in [5.74, 6) is 1.10. The number of nitrogens with zero attached hydrogens (tertiary/aromatic N) is 5. The molecule has 1 saturated heterocycles. The summed E-state index contributed by atoms with van der Waals surface area (Å²) in [6.07, 6.45) is 0. The van der Waals surface area contributed by atoms with Crippen LogP contribution in [0.5, 0.6) is 5.75 Å². The highest BCUT2D eigenvalue weighted by Gasteiger charge is 2.18. The number of hydrogen-bond acceptors (Lipinski definition) is 8. The molecule has 0 spiro atoms. The van der Waals surface area contributed by atoms with Gasteiger partial charge in [-0.2, -0.15) is 9.67 Å². The van der Waals surface area contributed by atoms with Gasteiger partial charge in [0, 0.05) is 60.1 Å². The molecule has 0 bridgehead atoms. The predicted molar refractivity (Wildman–Crippen MR) is 142 cm³/mol. The van der Waals surface area contributed by atoms with E-state index in [0.717, 1.165) is 37.4 Å². The summed E-state index contributed by atoms with van der Waals surface area (Å²) in [6.45, 7) is 4.29. The number of benzene rings is 2. The molecule has 34 heavy (non-hydrogen) atoms. The van der Waals surface area contributed by atoms with Gasteiger partial charge in [0.05, 0.1) is 12.8 Å². The summed E-state index contributed by atoms with van der Waals surface area (Å²) < 4.78 is 7.06. The fourth-order valence-electron chi connectivity index (χ4n) is 3.66. The lowest BCUT2D eigenvalue weighted by Crippen LogP contribution is -2.44. The first-order valence-corrected chi connectivity index (χ1v) is 11.8. The Morgan fingerprint density at radius 2 is 1.85 bits per heavy atom.